The number of fused-ring (bicyclic) bond motifs is 1. The monoisotopic (exact) mass is 377 g/mol. The second kappa shape index (κ2) is 7.25. The van der Waals surface area contributed by atoms with Gasteiger partial charge in [-0.15, -0.1) is 11.3 Å². The first-order valence-electron chi connectivity index (χ1n) is 8.69. The number of phenols is 1. The van der Waals surface area contributed by atoms with E-state index < -0.39 is 0 Å². The van der Waals surface area contributed by atoms with Crippen LogP contribution in [-0.2, 0) is 0 Å². The highest BCUT2D eigenvalue weighted by Crippen LogP contribution is 2.38. The standard InChI is InChI=1S/C21H19N3O2S/c1-3-26-17-10-4-14(5-11-17)18-12-27-21-19(18)20(22-13(2)23-21)24-15-6-8-16(25)9-7-15/h4-12,25H,3H2,1-2H3,(H,22,23,24). The summed E-state index contributed by atoms with van der Waals surface area (Å²) in [6.07, 6.45) is 0. The van der Waals surface area contributed by atoms with Gasteiger partial charge in [-0.25, -0.2) is 9.97 Å². The molecule has 0 spiro atoms. The molecule has 0 saturated carbocycles. The molecule has 5 nitrogen and oxygen atoms in total. The Morgan fingerprint density at radius 3 is 2.48 bits per heavy atom. The molecular weight excluding hydrogens is 358 g/mol. The summed E-state index contributed by atoms with van der Waals surface area (Å²) < 4.78 is 5.54. The minimum atomic E-state index is 0.232. The van der Waals surface area contributed by atoms with Gasteiger partial charge in [-0.1, -0.05) is 12.1 Å². The van der Waals surface area contributed by atoms with E-state index >= 15 is 0 Å². The molecule has 0 fully saturated rings. The van der Waals surface area contributed by atoms with Crippen LogP contribution < -0.4 is 10.1 Å². The normalized spacial score (nSPS) is 10.9. The highest BCUT2D eigenvalue weighted by molar-refractivity contribution is 7.17. The number of nitrogens with one attached hydrogen (secondary N) is 1. The van der Waals surface area contributed by atoms with E-state index in [9.17, 15) is 5.11 Å². The van der Waals surface area contributed by atoms with Crippen molar-refractivity contribution in [3.8, 4) is 22.6 Å². The molecule has 0 radical (unpaired) electrons. The molecule has 2 aromatic carbocycles. The van der Waals surface area contributed by atoms with Gasteiger partial charge in [-0.3, -0.25) is 0 Å². The van der Waals surface area contributed by atoms with Crippen LogP contribution in [0.3, 0.4) is 0 Å². The van der Waals surface area contributed by atoms with Crippen LogP contribution in [0.25, 0.3) is 21.3 Å². The Morgan fingerprint density at radius 2 is 1.78 bits per heavy atom. The molecular formula is C21H19N3O2S. The van der Waals surface area contributed by atoms with Crippen molar-refractivity contribution in [1.82, 2.24) is 9.97 Å². The van der Waals surface area contributed by atoms with Crippen molar-refractivity contribution >= 4 is 33.1 Å². The van der Waals surface area contributed by atoms with E-state index in [1.54, 1.807) is 23.5 Å². The van der Waals surface area contributed by atoms with Crippen LogP contribution in [0.15, 0.2) is 53.9 Å². The number of thiophene rings is 1. The van der Waals surface area contributed by atoms with E-state index in [1.807, 2.05) is 38.1 Å². The summed E-state index contributed by atoms with van der Waals surface area (Å²) in [6.45, 7) is 4.51. The van der Waals surface area contributed by atoms with Gasteiger partial charge in [0.25, 0.3) is 0 Å². The number of phenolic OH excluding ortho intramolecular Hbond substituents is 1. The molecule has 6 heteroatoms. The lowest BCUT2D eigenvalue weighted by molar-refractivity contribution is 0.340. The Morgan fingerprint density at radius 1 is 1.04 bits per heavy atom. The maximum absolute atomic E-state index is 9.50. The molecule has 0 aliphatic rings. The number of benzene rings is 2. The molecule has 0 atom stereocenters. The van der Waals surface area contributed by atoms with Crippen molar-refractivity contribution in [3.63, 3.8) is 0 Å². The van der Waals surface area contributed by atoms with E-state index in [-0.39, 0.29) is 5.75 Å². The zero-order chi connectivity index (χ0) is 18.8. The molecule has 136 valence electrons. The molecule has 0 saturated heterocycles. The van der Waals surface area contributed by atoms with Crippen LogP contribution in [0.4, 0.5) is 11.5 Å². The third-order valence-electron chi connectivity index (χ3n) is 4.15. The van der Waals surface area contributed by atoms with Gasteiger partial charge in [0.1, 0.15) is 28.0 Å². The number of nitrogens with zero attached hydrogens (tertiary/aromatic N) is 2. The number of ether oxygens (including phenoxy) is 1. The summed E-state index contributed by atoms with van der Waals surface area (Å²) in [5, 5.41) is 16.0. The molecule has 0 bridgehead atoms. The minimum Gasteiger partial charge on any atom is -0.508 e. The average Bonchev–Trinajstić information content (AvgIpc) is 3.08. The Labute approximate surface area is 161 Å². The van der Waals surface area contributed by atoms with E-state index in [2.05, 4.69) is 32.8 Å². The Kier molecular flexibility index (Phi) is 4.64. The first kappa shape index (κ1) is 17.3. The van der Waals surface area contributed by atoms with E-state index in [4.69, 9.17) is 4.74 Å². The summed E-state index contributed by atoms with van der Waals surface area (Å²) in [4.78, 5) is 10.1. The average molecular weight is 377 g/mol. The molecule has 4 rings (SSSR count). The number of aromatic hydroxyl groups is 1. The van der Waals surface area contributed by atoms with E-state index in [1.165, 1.54) is 0 Å². The largest absolute Gasteiger partial charge is 0.508 e. The highest BCUT2D eigenvalue weighted by atomic mass is 32.1. The predicted octanol–water partition coefficient (Wildman–Crippen LogP) is 5.51. The zero-order valence-corrected chi connectivity index (χ0v) is 15.9. The summed E-state index contributed by atoms with van der Waals surface area (Å²) in [7, 11) is 0. The first-order valence-corrected chi connectivity index (χ1v) is 9.57. The SMILES string of the molecule is CCOc1ccc(-c2csc3nc(C)nc(Nc4ccc(O)cc4)c23)cc1. The molecule has 0 amide bonds. The van der Waals surface area contributed by atoms with Gasteiger partial charge >= 0.3 is 0 Å². The van der Waals surface area contributed by atoms with E-state index in [0.29, 0.717) is 12.4 Å². The van der Waals surface area contributed by atoms with Crippen LogP contribution in [0.2, 0.25) is 0 Å². The van der Waals surface area contributed by atoms with Crippen LogP contribution in [0.1, 0.15) is 12.7 Å². The van der Waals surface area contributed by atoms with Crippen LogP contribution >= 0.6 is 11.3 Å². The van der Waals surface area contributed by atoms with Gasteiger partial charge in [0.15, 0.2) is 0 Å². The van der Waals surface area contributed by atoms with Crippen LogP contribution in [0, 0.1) is 6.92 Å². The molecule has 2 heterocycles. The Bertz CT molecular complexity index is 1070. The summed E-state index contributed by atoms with van der Waals surface area (Å²) in [5.74, 6) is 2.56. The quantitative estimate of drug-likeness (QED) is 0.449. The number of rotatable bonds is 5. The lowest BCUT2D eigenvalue weighted by Gasteiger charge is -2.10. The van der Waals surface area contributed by atoms with Crippen molar-refractivity contribution in [1.29, 1.82) is 0 Å². The molecule has 2 aromatic heterocycles. The number of hydrogen-bond donors (Lipinski definition) is 2. The van der Waals surface area contributed by atoms with Crippen molar-refractivity contribution in [3.05, 3.63) is 59.7 Å². The van der Waals surface area contributed by atoms with Crippen molar-refractivity contribution in [2.75, 3.05) is 11.9 Å². The third kappa shape index (κ3) is 3.57. The van der Waals surface area contributed by atoms with Gasteiger partial charge in [-0.2, -0.15) is 0 Å². The fraction of sp³-hybridized carbons (Fsp3) is 0.143. The molecule has 27 heavy (non-hydrogen) atoms. The van der Waals surface area contributed by atoms with Gasteiger partial charge < -0.3 is 15.2 Å². The molecule has 0 aliphatic carbocycles. The fourth-order valence-corrected chi connectivity index (χ4v) is 3.92. The smallest absolute Gasteiger partial charge is 0.143 e. The fourth-order valence-electron chi connectivity index (χ4n) is 2.93. The number of aryl methyl sites for hydroxylation is 1. The van der Waals surface area contributed by atoms with Gasteiger partial charge in [-0.05, 0) is 55.8 Å². The zero-order valence-electron chi connectivity index (χ0n) is 15.1. The Balaban J connectivity index is 1.79. The molecule has 0 unspecified atom stereocenters. The summed E-state index contributed by atoms with van der Waals surface area (Å²) >= 11 is 1.60. The van der Waals surface area contributed by atoms with Gasteiger partial charge in [0.05, 0.1) is 12.0 Å². The van der Waals surface area contributed by atoms with Gasteiger partial charge in [0.2, 0.25) is 0 Å². The molecule has 4 aromatic rings. The minimum absolute atomic E-state index is 0.232. The number of anilines is 2. The van der Waals surface area contributed by atoms with Crippen molar-refractivity contribution in [2.24, 2.45) is 0 Å². The third-order valence-corrected chi connectivity index (χ3v) is 5.02. The highest BCUT2D eigenvalue weighted by Gasteiger charge is 2.15. The maximum atomic E-state index is 9.50. The topological polar surface area (TPSA) is 67.3 Å². The van der Waals surface area contributed by atoms with Crippen molar-refractivity contribution < 1.29 is 9.84 Å². The van der Waals surface area contributed by atoms with Crippen molar-refractivity contribution in [2.45, 2.75) is 13.8 Å². The second-order valence-corrected chi connectivity index (χ2v) is 6.94. The lowest BCUT2D eigenvalue weighted by Crippen LogP contribution is -1.98. The van der Waals surface area contributed by atoms with Gasteiger partial charge in [0, 0.05) is 16.6 Å². The second-order valence-electron chi connectivity index (χ2n) is 6.08. The van der Waals surface area contributed by atoms with E-state index in [0.717, 1.165) is 38.6 Å². The van der Waals surface area contributed by atoms with Crippen LogP contribution in [0.5, 0.6) is 11.5 Å². The predicted molar refractivity (Wildman–Crippen MR) is 110 cm³/mol. The molecule has 0 aliphatic heterocycles. The lowest BCUT2D eigenvalue weighted by atomic mass is 10.1. The number of hydrogen-bond acceptors (Lipinski definition) is 6. The molecule has 2 N–H and O–H groups in total. The summed E-state index contributed by atoms with van der Waals surface area (Å²) in [6, 6.07) is 15.0. The Hall–Kier alpha value is -3.12. The maximum Gasteiger partial charge on any atom is 0.143 e. The number of aromatic nitrogens is 2. The first-order chi connectivity index (χ1) is 13.1. The summed E-state index contributed by atoms with van der Waals surface area (Å²) in [5.41, 5.74) is 3.03. The van der Waals surface area contributed by atoms with Crippen LogP contribution in [-0.4, -0.2) is 21.7 Å².